The van der Waals surface area contributed by atoms with Gasteiger partial charge in [-0.25, -0.2) is 0 Å². The van der Waals surface area contributed by atoms with Gasteiger partial charge in [0.1, 0.15) is 6.61 Å². The maximum absolute atomic E-state index is 13.1. The van der Waals surface area contributed by atoms with E-state index < -0.39 is 0 Å². The standard InChI is InChI=1S/C28H27Br2NO4/c1-2-34-24-14-17(13-19(30)28(24)35-15-16-9-11-18(29)12-10-16)25-26-20(5-3-7-22(26)32)31-21-6-4-8-23(33)27(21)25/h9-14,25,31H,2-8,15H2,1H3. The van der Waals surface area contributed by atoms with Crippen LogP contribution in [0.15, 0.2) is 67.9 Å². The predicted molar refractivity (Wildman–Crippen MR) is 141 cm³/mol. The van der Waals surface area contributed by atoms with Gasteiger partial charge in [0, 0.05) is 45.8 Å². The van der Waals surface area contributed by atoms with Gasteiger partial charge in [0.15, 0.2) is 23.1 Å². The number of ether oxygens (including phenoxy) is 2. The van der Waals surface area contributed by atoms with Crippen LogP contribution in [0, 0.1) is 0 Å². The van der Waals surface area contributed by atoms with Gasteiger partial charge in [-0.2, -0.15) is 0 Å². The van der Waals surface area contributed by atoms with Gasteiger partial charge in [-0.1, -0.05) is 28.1 Å². The Balaban J connectivity index is 1.56. The molecule has 1 heterocycles. The summed E-state index contributed by atoms with van der Waals surface area (Å²) in [5, 5.41) is 3.47. The van der Waals surface area contributed by atoms with Crippen LogP contribution in [-0.2, 0) is 16.2 Å². The third-order valence-corrected chi connectivity index (χ3v) is 7.87. The molecule has 1 N–H and O–H groups in total. The third-order valence-electron chi connectivity index (χ3n) is 6.75. The van der Waals surface area contributed by atoms with Crippen molar-refractivity contribution in [3.8, 4) is 11.5 Å². The number of hydrogen-bond donors (Lipinski definition) is 1. The lowest BCUT2D eigenvalue weighted by atomic mass is 9.71. The summed E-state index contributed by atoms with van der Waals surface area (Å²) < 4.78 is 13.9. The van der Waals surface area contributed by atoms with Gasteiger partial charge in [0.05, 0.1) is 11.1 Å². The van der Waals surface area contributed by atoms with E-state index in [4.69, 9.17) is 9.47 Å². The lowest BCUT2D eigenvalue weighted by Gasteiger charge is -2.37. The first kappa shape index (κ1) is 24.3. The molecule has 3 aliphatic rings. The summed E-state index contributed by atoms with van der Waals surface area (Å²) in [6.07, 6.45) is 4.37. The number of ketones is 2. The van der Waals surface area contributed by atoms with Gasteiger partial charge in [-0.15, -0.1) is 0 Å². The number of carbonyl (C=O) groups excluding carboxylic acids is 2. The molecule has 5 rings (SSSR count). The molecule has 2 aromatic rings. The largest absolute Gasteiger partial charge is 0.490 e. The Labute approximate surface area is 222 Å². The topological polar surface area (TPSA) is 64.6 Å². The van der Waals surface area contributed by atoms with Crippen LogP contribution in [0.5, 0.6) is 11.5 Å². The smallest absolute Gasteiger partial charge is 0.175 e. The molecular weight excluding hydrogens is 574 g/mol. The van der Waals surface area contributed by atoms with Crippen LogP contribution in [0.2, 0.25) is 0 Å². The molecule has 7 heteroatoms. The zero-order valence-corrected chi connectivity index (χ0v) is 22.8. The fourth-order valence-corrected chi connectivity index (χ4v) is 6.05. The van der Waals surface area contributed by atoms with Crippen LogP contribution in [0.25, 0.3) is 0 Å². The van der Waals surface area contributed by atoms with Crippen LogP contribution in [0.3, 0.4) is 0 Å². The summed E-state index contributed by atoms with van der Waals surface area (Å²) in [4.78, 5) is 26.3. The fraction of sp³-hybridized carbons (Fsp3) is 0.357. The first-order chi connectivity index (χ1) is 17.0. The molecule has 0 bridgehead atoms. The molecule has 182 valence electrons. The minimum absolute atomic E-state index is 0.123. The first-order valence-corrected chi connectivity index (χ1v) is 13.7. The van der Waals surface area contributed by atoms with Crippen molar-refractivity contribution in [1.29, 1.82) is 0 Å². The number of Topliss-reactive ketones (excluding diaryl/α,β-unsaturated/α-hetero) is 2. The number of dihydropyridines is 1. The van der Waals surface area contributed by atoms with Gasteiger partial charge in [0.2, 0.25) is 0 Å². The molecule has 5 nitrogen and oxygen atoms in total. The quantitative estimate of drug-likeness (QED) is 0.391. The summed E-state index contributed by atoms with van der Waals surface area (Å²) >= 11 is 7.16. The van der Waals surface area contributed by atoms with Crippen LogP contribution >= 0.6 is 31.9 Å². The summed E-state index contributed by atoms with van der Waals surface area (Å²) in [7, 11) is 0. The van der Waals surface area contributed by atoms with Crippen molar-refractivity contribution < 1.29 is 19.1 Å². The van der Waals surface area contributed by atoms with Crippen LogP contribution < -0.4 is 14.8 Å². The van der Waals surface area contributed by atoms with Crippen molar-refractivity contribution in [3.05, 3.63) is 79.0 Å². The summed E-state index contributed by atoms with van der Waals surface area (Å²) in [6, 6.07) is 11.9. The highest BCUT2D eigenvalue weighted by molar-refractivity contribution is 9.10. The maximum atomic E-state index is 13.1. The monoisotopic (exact) mass is 599 g/mol. The molecule has 0 unspecified atom stereocenters. The van der Waals surface area contributed by atoms with Crippen molar-refractivity contribution >= 4 is 43.4 Å². The minimum atomic E-state index is -0.377. The van der Waals surface area contributed by atoms with Gasteiger partial charge in [-0.05, 0) is 83.9 Å². The Kier molecular flexibility index (Phi) is 7.17. The molecular formula is C28H27Br2NO4. The Hall–Kier alpha value is -2.38. The van der Waals surface area contributed by atoms with E-state index >= 15 is 0 Å². The highest BCUT2D eigenvalue weighted by atomic mass is 79.9. The summed E-state index contributed by atoms with van der Waals surface area (Å²) in [6.45, 7) is 2.79. The number of hydrogen-bond acceptors (Lipinski definition) is 5. The van der Waals surface area contributed by atoms with Crippen molar-refractivity contribution in [2.24, 2.45) is 0 Å². The first-order valence-electron chi connectivity index (χ1n) is 12.1. The fourth-order valence-electron chi connectivity index (χ4n) is 5.21. The number of halogens is 2. The number of nitrogens with one attached hydrogen (secondary N) is 1. The van der Waals surface area contributed by atoms with Crippen molar-refractivity contribution in [2.45, 2.75) is 58.0 Å². The highest BCUT2D eigenvalue weighted by Gasteiger charge is 2.40. The maximum Gasteiger partial charge on any atom is 0.175 e. The highest BCUT2D eigenvalue weighted by Crippen LogP contribution is 2.48. The second kappa shape index (κ2) is 10.3. The van der Waals surface area contributed by atoms with Gasteiger partial charge in [-0.3, -0.25) is 9.59 Å². The van der Waals surface area contributed by atoms with E-state index in [9.17, 15) is 9.59 Å². The van der Waals surface area contributed by atoms with Crippen LogP contribution in [0.1, 0.15) is 62.5 Å². The normalized spacial score (nSPS) is 18.3. The average Bonchev–Trinajstić information content (AvgIpc) is 2.84. The molecule has 0 amide bonds. The Morgan fingerprint density at radius 3 is 2.11 bits per heavy atom. The van der Waals surface area contributed by atoms with Crippen LogP contribution in [-0.4, -0.2) is 18.2 Å². The van der Waals surface area contributed by atoms with E-state index in [1.165, 1.54) is 0 Å². The molecule has 0 radical (unpaired) electrons. The molecule has 0 spiro atoms. The van der Waals surface area contributed by atoms with E-state index in [0.717, 1.165) is 68.3 Å². The molecule has 1 aliphatic heterocycles. The van der Waals surface area contributed by atoms with Gasteiger partial charge in [0.25, 0.3) is 0 Å². The predicted octanol–water partition coefficient (Wildman–Crippen LogP) is 6.89. The SMILES string of the molecule is CCOc1cc(C2C3=C(CCCC3=O)NC3=C2C(=O)CCC3)cc(Br)c1OCc1ccc(Br)cc1. The van der Waals surface area contributed by atoms with E-state index in [0.29, 0.717) is 37.6 Å². The Bertz CT molecular complexity index is 1200. The van der Waals surface area contributed by atoms with Gasteiger partial charge >= 0.3 is 0 Å². The van der Waals surface area contributed by atoms with E-state index in [1.807, 2.05) is 43.3 Å². The zero-order chi connectivity index (χ0) is 24.5. The molecule has 0 atom stereocenters. The Morgan fingerprint density at radius 1 is 0.886 bits per heavy atom. The van der Waals surface area contributed by atoms with Crippen LogP contribution in [0.4, 0.5) is 0 Å². The molecule has 2 aliphatic carbocycles. The van der Waals surface area contributed by atoms with Crippen molar-refractivity contribution in [1.82, 2.24) is 5.32 Å². The molecule has 0 fully saturated rings. The van der Waals surface area contributed by atoms with Crippen molar-refractivity contribution in [2.75, 3.05) is 6.61 Å². The zero-order valence-electron chi connectivity index (χ0n) is 19.6. The molecule has 0 saturated carbocycles. The molecule has 0 aromatic heterocycles. The lowest BCUT2D eigenvalue weighted by molar-refractivity contribution is -0.116. The molecule has 2 aromatic carbocycles. The second-order valence-electron chi connectivity index (χ2n) is 9.07. The number of rotatable bonds is 6. The molecule has 35 heavy (non-hydrogen) atoms. The van der Waals surface area contributed by atoms with Crippen molar-refractivity contribution in [3.63, 3.8) is 0 Å². The Morgan fingerprint density at radius 2 is 1.51 bits per heavy atom. The van der Waals surface area contributed by atoms with E-state index in [-0.39, 0.29) is 17.5 Å². The minimum Gasteiger partial charge on any atom is -0.490 e. The van der Waals surface area contributed by atoms with E-state index in [2.05, 4.69) is 37.2 Å². The second-order valence-corrected chi connectivity index (χ2v) is 10.8. The average molecular weight is 601 g/mol. The van der Waals surface area contributed by atoms with Gasteiger partial charge < -0.3 is 14.8 Å². The lowest BCUT2D eigenvalue weighted by Crippen LogP contribution is -2.36. The third kappa shape index (κ3) is 4.85. The van der Waals surface area contributed by atoms with E-state index in [1.54, 1.807) is 0 Å². The summed E-state index contributed by atoms with van der Waals surface area (Å²) in [5.41, 5.74) is 5.35. The number of allylic oxidation sites excluding steroid dienone is 4. The number of benzene rings is 2. The summed E-state index contributed by atoms with van der Waals surface area (Å²) in [5.74, 6) is 1.08. The number of carbonyl (C=O) groups is 2. The molecule has 0 saturated heterocycles.